The topological polar surface area (TPSA) is 105 Å². The van der Waals surface area contributed by atoms with Gasteiger partial charge in [-0.2, -0.15) is 0 Å². The van der Waals surface area contributed by atoms with Gasteiger partial charge in [0, 0.05) is 17.0 Å². The molecule has 0 aliphatic heterocycles. The highest BCUT2D eigenvalue weighted by Crippen LogP contribution is 2.26. The number of aliphatic carboxylic acids is 1. The molecule has 1 aromatic rings. The van der Waals surface area contributed by atoms with Crippen molar-refractivity contribution in [1.29, 1.82) is 0 Å². The fourth-order valence-corrected chi connectivity index (χ4v) is 2.56. The highest BCUT2D eigenvalue weighted by atomic mass is 16.4. The molecule has 4 atom stereocenters. The van der Waals surface area contributed by atoms with E-state index in [0.717, 1.165) is 0 Å². The number of ketones is 1. The van der Waals surface area contributed by atoms with Crippen molar-refractivity contribution in [3.05, 3.63) is 32.9 Å². The first-order valence-electron chi connectivity index (χ1n) is 7.56. The van der Waals surface area contributed by atoms with Gasteiger partial charge in [0.15, 0.2) is 5.43 Å². The molecule has 4 unspecified atom stereocenters. The molecule has 0 bridgehead atoms. The first-order valence-corrected chi connectivity index (χ1v) is 7.56. The predicted octanol–water partition coefficient (Wildman–Crippen LogP) is 1.96. The van der Waals surface area contributed by atoms with Gasteiger partial charge in [-0.15, -0.1) is 0 Å². The molecule has 0 aromatic carbocycles. The number of carbonyl (C=O) groups is 2. The van der Waals surface area contributed by atoms with E-state index in [9.17, 15) is 19.5 Å². The first-order chi connectivity index (χ1) is 10.5. The van der Waals surface area contributed by atoms with Gasteiger partial charge >= 0.3 is 5.97 Å². The van der Waals surface area contributed by atoms with Gasteiger partial charge in [0.05, 0.1) is 17.9 Å². The third-order valence-electron chi connectivity index (χ3n) is 4.52. The zero-order valence-electron chi connectivity index (χ0n) is 14.3. The van der Waals surface area contributed by atoms with E-state index < -0.39 is 29.8 Å². The summed E-state index contributed by atoms with van der Waals surface area (Å²) in [7, 11) is 0. The lowest BCUT2D eigenvalue weighted by molar-refractivity contribution is -0.147. The van der Waals surface area contributed by atoms with Gasteiger partial charge in [-0.05, 0) is 34.6 Å². The lowest BCUT2D eigenvalue weighted by Gasteiger charge is -2.24. The van der Waals surface area contributed by atoms with Gasteiger partial charge in [0.25, 0.3) is 0 Å². The summed E-state index contributed by atoms with van der Waals surface area (Å²) in [5, 5.41) is 19.0. The van der Waals surface area contributed by atoms with Crippen LogP contribution in [-0.4, -0.2) is 28.1 Å². The van der Waals surface area contributed by atoms with E-state index >= 15 is 0 Å². The molecule has 1 heterocycles. The molecule has 0 saturated carbocycles. The fourth-order valence-electron chi connectivity index (χ4n) is 2.56. The van der Waals surface area contributed by atoms with E-state index in [2.05, 4.69) is 0 Å². The fraction of sp³-hybridized carbons (Fsp3) is 0.588. The second kappa shape index (κ2) is 7.08. The van der Waals surface area contributed by atoms with Crippen LogP contribution in [0.5, 0.6) is 0 Å². The summed E-state index contributed by atoms with van der Waals surface area (Å²) >= 11 is 0. The van der Waals surface area contributed by atoms with Crippen molar-refractivity contribution in [3.63, 3.8) is 0 Å². The molecule has 0 fully saturated rings. The zero-order chi connectivity index (χ0) is 18.1. The molecule has 0 spiro atoms. The van der Waals surface area contributed by atoms with E-state index in [-0.39, 0.29) is 17.0 Å². The van der Waals surface area contributed by atoms with Crippen LogP contribution in [0.15, 0.2) is 9.21 Å². The number of aliphatic hydroxyl groups is 1. The van der Waals surface area contributed by atoms with Gasteiger partial charge in [0.1, 0.15) is 17.3 Å². The number of Topliss-reactive ketones (excluding diaryl/α,β-unsaturated/α-hetero) is 1. The second-order valence-corrected chi connectivity index (χ2v) is 6.13. The molecule has 0 saturated heterocycles. The van der Waals surface area contributed by atoms with Crippen molar-refractivity contribution >= 4 is 11.8 Å². The van der Waals surface area contributed by atoms with Crippen LogP contribution in [-0.2, 0) is 9.59 Å². The van der Waals surface area contributed by atoms with Crippen molar-refractivity contribution in [1.82, 2.24) is 0 Å². The van der Waals surface area contributed by atoms with Gasteiger partial charge in [-0.25, -0.2) is 0 Å². The minimum absolute atomic E-state index is 0.171. The summed E-state index contributed by atoms with van der Waals surface area (Å²) in [5.41, 5.74) is 0.691. The molecule has 23 heavy (non-hydrogen) atoms. The Balaban J connectivity index is 3.15. The molecule has 1 rings (SSSR count). The lowest BCUT2D eigenvalue weighted by atomic mass is 9.84. The molecule has 1 aromatic heterocycles. The monoisotopic (exact) mass is 324 g/mol. The molecule has 128 valence electrons. The Labute approximate surface area is 135 Å². The van der Waals surface area contributed by atoms with Crippen LogP contribution in [0.25, 0.3) is 0 Å². The van der Waals surface area contributed by atoms with E-state index in [0.29, 0.717) is 16.9 Å². The van der Waals surface area contributed by atoms with E-state index in [4.69, 9.17) is 9.52 Å². The van der Waals surface area contributed by atoms with E-state index in [1.807, 2.05) is 0 Å². The average Bonchev–Trinajstić information content (AvgIpc) is 2.52. The number of aliphatic hydroxyl groups excluding tert-OH is 1. The normalized spacial score (nSPS) is 16.5. The SMILES string of the molecule is Cc1oc(C(C)C(=O)C(C)C(O)C(C)C(=O)O)c(C)c(=O)c1C. The zero-order valence-corrected chi connectivity index (χ0v) is 14.3. The molecule has 0 radical (unpaired) electrons. The van der Waals surface area contributed by atoms with Crippen LogP contribution in [0, 0.1) is 32.6 Å². The molecule has 0 amide bonds. The third kappa shape index (κ3) is 3.69. The Kier molecular flexibility index (Phi) is 5.88. The predicted molar refractivity (Wildman–Crippen MR) is 84.6 cm³/mol. The quantitative estimate of drug-likeness (QED) is 0.828. The highest BCUT2D eigenvalue weighted by Gasteiger charge is 2.35. The van der Waals surface area contributed by atoms with Crippen molar-refractivity contribution < 1.29 is 24.2 Å². The Morgan fingerprint density at radius 3 is 2.00 bits per heavy atom. The maximum Gasteiger partial charge on any atom is 0.308 e. The second-order valence-electron chi connectivity index (χ2n) is 6.13. The smallest absolute Gasteiger partial charge is 0.308 e. The van der Waals surface area contributed by atoms with Gasteiger partial charge in [0.2, 0.25) is 0 Å². The molecular weight excluding hydrogens is 300 g/mol. The van der Waals surface area contributed by atoms with E-state index in [1.54, 1.807) is 27.7 Å². The number of carboxylic acid groups (broad SMARTS) is 1. The highest BCUT2D eigenvalue weighted by molar-refractivity contribution is 5.88. The summed E-state index contributed by atoms with van der Waals surface area (Å²) in [6.45, 7) is 9.34. The van der Waals surface area contributed by atoms with Gasteiger partial charge in [-0.3, -0.25) is 14.4 Å². The number of carboxylic acids is 1. The van der Waals surface area contributed by atoms with Crippen molar-refractivity contribution in [2.24, 2.45) is 11.8 Å². The van der Waals surface area contributed by atoms with Crippen LogP contribution < -0.4 is 5.43 Å². The summed E-state index contributed by atoms with van der Waals surface area (Å²) in [4.78, 5) is 35.7. The van der Waals surface area contributed by atoms with Crippen molar-refractivity contribution in [2.45, 2.75) is 53.6 Å². The number of rotatable bonds is 6. The molecular formula is C17H24O6. The van der Waals surface area contributed by atoms with Crippen LogP contribution in [0.1, 0.15) is 49.3 Å². The molecule has 2 N–H and O–H groups in total. The summed E-state index contributed by atoms with van der Waals surface area (Å²) in [6, 6.07) is 0. The Morgan fingerprint density at radius 2 is 1.52 bits per heavy atom. The minimum atomic E-state index is -1.30. The number of carbonyl (C=O) groups excluding carboxylic acids is 1. The maximum absolute atomic E-state index is 12.6. The summed E-state index contributed by atoms with van der Waals surface area (Å²) in [5.74, 6) is -3.50. The van der Waals surface area contributed by atoms with Gasteiger partial charge < -0.3 is 14.6 Å². The standard InChI is InChI=1S/C17H24O6/c1-7-12(6)23-16(9(3)13(7)18)10(4)14(19)8(2)15(20)11(5)17(21)22/h8,10-11,15,20H,1-6H3,(H,21,22). The van der Waals surface area contributed by atoms with Crippen LogP contribution in [0.4, 0.5) is 0 Å². The number of aryl methyl sites for hydroxylation is 1. The summed E-state index contributed by atoms with van der Waals surface area (Å²) in [6.07, 6.45) is -1.30. The summed E-state index contributed by atoms with van der Waals surface area (Å²) < 4.78 is 5.62. The molecule has 0 aliphatic rings. The van der Waals surface area contributed by atoms with Crippen LogP contribution in [0.2, 0.25) is 0 Å². The Morgan fingerprint density at radius 1 is 1.00 bits per heavy atom. The van der Waals surface area contributed by atoms with Crippen LogP contribution in [0.3, 0.4) is 0 Å². The largest absolute Gasteiger partial charge is 0.481 e. The maximum atomic E-state index is 12.6. The van der Waals surface area contributed by atoms with Gasteiger partial charge in [-0.1, -0.05) is 6.92 Å². The van der Waals surface area contributed by atoms with Crippen LogP contribution >= 0.6 is 0 Å². The van der Waals surface area contributed by atoms with E-state index in [1.165, 1.54) is 13.8 Å². The molecule has 6 nitrogen and oxygen atoms in total. The molecule has 0 aliphatic carbocycles. The Hall–Kier alpha value is -1.95. The Bertz CT molecular complexity index is 672. The lowest BCUT2D eigenvalue weighted by Crippen LogP contribution is -2.37. The average molecular weight is 324 g/mol. The minimum Gasteiger partial charge on any atom is -0.481 e. The first kappa shape index (κ1) is 19.1. The van der Waals surface area contributed by atoms with Crippen molar-refractivity contribution in [3.8, 4) is 0 Å². The molecule has 6 heteroatoms. The number of hydrogen-bond donors (Lipinski definition) is 2. The number of hydrogen-bond acceptors (Lipinski definition) is 5. The third-order valence-corrected chi connectivity index (χ3v) is 4.52. The van der Waals surface area contributed by atoms with Crippen molar-refractivity contribution in [2.75, 3.05) is 0 Å².